The zero-order valence-electron chi connectivity index (χ0n) is 21.4. The SMILES string of the molecule is C[C@@H](OC(=O)Nc1oc2ccccc2c1-c1ccc(-c2ccc(C3(OC=O)CC3)cc2)cc1)c1ccccc1. The molecule has 0 saturated heterocycles. The first-order chi connectivity index (χ1) is 19.1. The van der Waals surface area contributed by atoms with Crippen molar-refractivity contribution in [1.82, 2.24) is 0 Å². The van der Waals surface area contributed by atoms with Gasteiger partial charge in [-0.05, 0) is 53.6 Å². The predicted octanol–water partition coefficient (Wildman–Crippen LogP) is 8.24. The molecule has 194 valence electrons. The third-order valence-electron chi connectivity index (χ3n) is 7.26. The van der Waals surface area contributed by atoms with Crippen molar-refractivity contribution < 1.29 is 23.5 Å². The Kier molecular flexibility index (Phi) is 6.37. The number of fused-ring (bicyclic) bond motifs is 1. The van der Waals surface area contributed by atoms with Crippen LogP contribution < -0.4 is 5.32 Å². The lowest BCUT2D eigenvalue weighted by atomic mass is 9.97. The van der Waals surface area contributed by atoms with Crippen LogP contribution in [0.15, 0.2) is 108 Å². The van der Waals surface area contributed by atoms with Gasteiger partial charge < -0.3 is 13.9 Å². The Balaban J connectivity index is 1.25. The molecular weight excluding hydrogens is 490 g/mol. The summed E-state index contributed by atoms with van der Waals surface area (Å²) in [4.78, 5) is 23.7. The summed E-state index contributed by atoms with van der Waals surface area (Å²) in [6.07, 6.45) is 0.709. The fraction of sp³-hybridized carbons (Fsp3) is 0.152. The Morgan fingerprint density at radius 3 is 2.13 bits per heavy atom. The first kappa shape index (κ1) is 24.5. The minimum absolute atomic E-state index is 0.337. The molecule has 0 bridgehead atoms. The van der Waals surface area contributed by atoms with Gasteiger partial charge in [0.15, 0.2) is 0 Å². The molecule has 4 aromatic carbocycles. The van der Waals surface area contributed by atoms with Crippen molar-refractivity contribution in [2.45, 2.75) is 31.5 Å². The minimum atomic E-state index is -0.588. The van der Waals surface area contributed by atoms with Crippen molar-refractivity contribution in [3.63, 3.8) is 0 Å². The first-order valence-corrected chi connectivity index (χ1v) is 12.9. The van der Waals surface area contributed by atoms with E-state index in [1.807, 2.05) is 110 Å². The van der Waals surface area contributed by atoms with Crippen LogP contribution in [-0.2, 0) is 19.9 Å². The average Bonchev–Trinajstić information content (AvgIpc) is 3.67. The van der Waals surface area contributed by atoms with E-state index >= 15 is 0 Å². The highest BCUT2D eigenvalue weighted by Gasteiger charge is 2.46. The van der Waals surface area contributed by atoms with Crippen LogP contribution >= 0.6 is 0 Å². The Hall–Kier alpha value is -4.84. The van der Waals surface area contributed by atoms with Crippen LogP contribution in [-0.4, -0.2) is 12.6 Å². The number of rotatable bonds is 8. The molecule has 1 fully saturated rings. The molecular formula is C33H27NO5. The highest BCUT2D eigenvalue weighted by atomic mass is 16.6. The summed E-state index contributed by atoms with van der Waals surface area (Å²) in [6, 6.07) is 33.5. The van der Waals surface area contributed by atoms with Crippen LogP contribution in [0.5, 0.6) is 0 Å². The van der Waals surface area contributed by atoms with Crippen LogP contribution in [0.1, 0.15) is 37.0 Å². The highest BCUT2D eigenvalue weighted by molar-refractivity contribution is 6.03. The van der Waals surface area contributed by atoms with Gasteiger partial charge in [0, 0.05) is 5.39 Å². The number of ether oxygens (including phenoxy) is 2. The zero-order chi connectivity index (χ0) is 26.8. The maximum atomic E-state index is 12.8. The van der Waals surface area contributed by atoms with Crippen molar-refractivity contribution in [2.24, 2.45) is 0 Å². The average molecular weight is 518 g/mol. The van der Waals surface area contributed by atoms with Gasteiger partial charge in [-0.1, -0.05) is 97.1 Å². The molecule has 1 heterocycles. The first-order valence-electron chi connectivity index (χ1n) is 12.9. The van der Waals surface area contributed by atoms with E-state index in [1.54, 1.807) is 0 Å². The van der Waals surface area contributed by atoms with Gasteiger partial charge in [-0.25, -0.2) is 4.79 Å². The number of furan rings is 1. The van der Waals surface area contributed by atoms with Gasteiger partial charge in [-0.2, -0.15) is 0 Å². The van der Waals surface area contributed by atoms with Crippen molar-refractivity contribution in [2.75, 3.05) is 5.32 Å². The summed E-state index contributed by atoms with van der Waals surface area (Å²) in [5.74, 6) is 0.337. The summed E-state index contributed by atoms with van der Waals surface area (Å²) in [6.45, 7) is 2.37. The smallest absolute Gasteiger partial charge is 0.414 e. The van der Waals surface area contributed by atoms with Crippen molar-refractivity contribution in [3.8, 4) is 22.3 Å². The van der Waals surface area contributed by atoms with Crippen LogP contribution in [0.4, 0.5) is 10.7 Å². The van der Waals surface area contributed by atoms with Crippen molar-refractivity contribution in [1.29, 1.82) is 0 Å². The number of anilines is 1. The molecule has 1 saturated carbocycles. The van der Waals surface area contributed by atoms with Crippen LogP contribution in [0, 0.1) is 0 Å². The number of carbonyl (C=O) groups excluding carboxylic acids is 2. The van der Waals surface area contributed by atoms with E-state index in [0.717, 1.165) is 51.6 Å². The van der Waals surface area contributed by atoms with E-state index in [4.69, 9.17) is 13.9 Å². The largest absolute Gasteiger partial charge is 0.456 e. The maximum absolute atomic E-state index is 12.8. The molecule has 5 aromatic rings. The van der Waals surface area contributed by atoms with Gasteiger partial charge in [-0.15, -0.1) is 0 Å². The van der Waals surface area contributed by atoms with E-state index in [0.29, 0.717) is 17.9 Å². The molecule has 0 unspecified atom stereocenters. The van der Waals surface area contributed by atoms with Crippen LogP contribution in [0.25, 0.3) is 33.2 Å². The standard InChI is InChI=1S/C33H27NO5/c1-22(23-7-3-2-4-8-23)38-32(36)34-31-30(28-9-5-6-10-29(28)39-31)26-13-11-24(12-14-26)25-15-17-27(18-16-25)33(19-20-33)37-21-35/h2-18,21-22H,19-20H2,1H3,(H,34,36)/t22-/m1/s1. The normalized spacial score (nSPS) is 14.4. The zero-order valence-corrected chi connectivity index (χ0v) is 21.4. The van der Waals surface area contributed by atoms with Gasteiger partial charge in [0.05, 0.1) is 5.56 Å². The van der Waals surface area contributed by atoms with Gasteiger partial charge in [-0.3, -0.25) is 10.1 Å². The summed E-state index contributed by atoms with van der Waals surface area (Å²) in [5, 5.41) is 3.71. The molecule has 0 aliphatic heterocycles. The second kappa shape index (κ2) is 10.1. The monoisotopic (exact) mass is 517 g/mol. The van der Waals surface area contributed by atoms with Gasteiger partial charge >= 0.3 is 6.09 Å². The fourth-order valence-corrected chi connectivity index (χ4v) is 4.97. The van der Waals surface area contributed by atoms with Gasteiger partial charge in [0.25, 0.3) is 6.47 Å². The third-order valence-corrected chi connectivity index (χ3v) is 7.26. The molecule has 6 nitrogen and oxygen atoms in total. The number of carbonyl (C=O) groups is 2. The second-order valence-corrected chi connectivity index (χ2v) is 9.75. The number of hydrogen-bond donors (Lipinski definition) is 1. The number of nitrogens with one attached hydrogen (secondary N) is 1. The van der Waals surface area contributed by atoms with E-state index in [-0.39, 0.29) is 0 Å². The number of benzene rings is 4. The third kappa shape index (κ3) is 4.89. The Morgan fingerprint density at radius 2 is 1.46 bits per heavy atom. The highest BCUT2D eigenvalue weighted by Crippen LogP contribution is 2.49. The second-order valence-electron chi connectivity index (χ2n) is 9.75. The summed E-state index contributed by atoms with van der Waals surface area (Å²) in [7, 11) is 0. The van der Waals surface area contributed by atoms with Crippen molar-refractivity contribution in [3.05, 3.63) is 114 Å². The number of para-hydroxylation sites is 1. The molecule has 0 spiro atoms. The number of hydrogen-bond acceptors (Lipinski definition) is 5. The van der Waals surface area contributed by atoms with E-state index in [2.05, 4.69) is 5.32 Å². The summed E-state index contributed by atoms with van der Waals surface area (Å²) < 4.78 is 17.0. The van der Waals surface area contributed by atoms with E-state index in [9.17, 15) is 9.59 Å². The van der Waals surface area contributed by atoms with Gasteiger partial charge in [0.2, 0.25) is 5.88 Å². The molecule has 0 radical (unpaired) electrons. The lowest BCUT2D eigenvalue weighted by Crippen LogP contribution is -2.16. The van der Waals surface area contributed by atoms with E-state index in [1.165, 1.54) is 0 Å². The summed E-state index contributed by atoms with van der Waals surface area (Å²) in [5.41, 5.74) is 5.95. The Labute approximate surface area is 226 Å². The van der Waals surface area contributed by atoms with Crippen LogP contribution in [0.2, 0.25) is 0 Å². The summed E-state index contributed by atoms with van der Waals surface area (Å²) >= 11 is 0. The topological polar surface area (TPSA) is 77.8 Å². The molecule has 1 amide bonds. The van der Waals surface area contributed by atoms with E-state index < -0.39 is 17.8 Å². The lowest BCUT2D eigenvalue weighted by molar-refractivity contribution is -0.136. The van der Waals surface area contributed by atoms with Gasteiger partial charge in [0.1, 0.15) is 17.3 Å². The maximum Gasteiger partial charge on any atom is 0.414 e. The quantitative estimate of drug-likeness (QED) is 0.210. The fourth-order valence-electron chi connectivity index (χ4n) is 4.97. The molecule has 1 aliphatic carbocycles. The molecule has 6 heteroatoms. The molecule has 1 aromatic heterocycles. The molecule has 39 heavy (non-hydrogen) atoms. The molecule has 1 aliphatic rings. The minimum Gasteiger partial charge on any atom is -0.456 e. The Bertz CT molecular complexity index is 1620. The number of amides is 1. The molecule has 6 rings (SSSR count). The molecule has 1 N–H and O–H groups in total. The van der Waals surface area contributed by atoms with Crippen molar-refractivity contribution >= 4 is 29.4 Å². The lowest BCUT2D eigenvalue weighted by Gasteiger charge is -2.14. The molecule has 1 atom stereocenters. The predicted molar refractivity (Wildman–Crippen MR) is 150 cm³/mol. The Morgan fingerprint density at radius 1 is 0.846 bits per heavy atom. The van der Waals surface area contributed by atoms with Crippen LogP contribution in [0.3, 0.4) is 0 Å².